The van der Waals surface area contributed by atoms with Crippen LogP contribution < -0.4 is 11.1 Å². The molecular formula is C55H93N3O17. The molecule has 0 spiro atoms. The van der Waals surface area contributed by atoms with Gasteiger partial charge in [-0.25, -0.2) is 4.79 Å². The summed E-state index contributed by atoms with van der Waals surface area (Å²) in [5.74, 6) is -7.44. The molecular weight excluding hydrogens is 975 g/mol. The highest BCUT2D eigenvalue weighted by Gasteiger charge is 2.50. The summed E-state index contributed by atoms with van der Waals surface area (Å²) in [5, 5.41) is 123. The lowest BCUT2D eigenvalue weighted by molar-refractivity contribution is -0.333. The molecule has 0 amide bonds. The molecule has 0 aliphatic carbocycles. The van der Waals surface area contributed by atoms with Crippen molar-refractivity contribution in [2.75, 3.05) is 13.6 Å². The third-order valence-corrected chi connectivity index (χ3v) is 14.5. The number of nitrogens with two attached hydrogens (primary N) is 1. The van der Waals surface area contributed by atoms with Crippen molar-refractivity contribution in [1.29, 1.82) is 0 Å². The van der Waals surface area contributed by atoms with Gasteiger partial charge in [-0.2, -0.15) is 0 Å². The predicted octanol–water partition coefficient (Wildman–Crippen LogP) is 2.98. The van der Waals surface area contributed by atoms with Gasteiger partial charge >= 0.3 is 17.9 Å². The van der Waals surface area contributed by atoms with E-state index >= 15 is 0 Å². The number of allylic oxidation sites excluding steroid dienone is 6. The number of rotatable bonds is 12. The van der Waals surface area contributed by atoms with Gasteiger partial charge in [0, 0.05) is 75.9 Å². The molecule has 2 rings (SSSR count). The number of guanidine groups is 1. The number of hydrogen-bond acceptors (Lipinski definition) is 17. The van der Waals surface area contributed by atoms with Crippen molar-refractivity contribution in [3.05, 3.63) is 60.3 Å². The zero-order chi connectivity index (χ0) is 56.4. The molecule has 0 saturated carbocycles. The van der Waals surface area contributed by atoms with Crippen molar-refractivity contribution < 1.29 is 84.8 Å². The highest BCUT2D eigenvalue weighted by molar-refractivity contribution is 5.90. The van der Waals surface area contributed by atoms with Crippen LogP contribution in [0.25, 0.3) is 0 Å². The Kier molecular flexibility index (Phi) is 31.0. The van der Waals surface area contributed by atoms with E-state index in [4.69, 9.17) is 19.9 Å². The Morgan fingerprint density at radius 3 is 2.15 bits per heavy atom. The fourth-order valence-electron chi connectivity index (χ4n) is 9.32. The van der Waals surface area contributed by atoms with Gasteiger partial charge in [-0.15, -0.1) is 0 Å². The summed E-state index contributed by atoms with van der Waals surface area (Å²) in [6.45, 7) is 11.3. The Morgan fingerprint density at radius 2 is 1.48 bits per heavy atom. The maximum absolute atomic E-state index is 13.3. The smallest absolute Gasteiger partial charge is 0.331 e. The maximum Gasteiger partial charge on any atom is 0.331 e. The lowest BCUT2D eigenvalue weighted by Crippen LogP contribution is -2.60. The lowest BCUT2D eigenvalue weighted by Gasteiger charge is -2.45. The van der Waals surface area contributed by atoms with Crippen molar-refractivity contribution in [3.8, 4) is 0 Å². The monoisotopic (exact) mass is 1070 g/mol. The summed E-state index contributed by atoms with van der Waals surface area (Å²) in [6, 6.07) is 0. The molecule has 2 bridgehead atoms. The van der Waals surface area contributed by atoms with Gasteiger partial charge in [0.1, 0.15) is 24.7 Å². The van der Waals surface area contributed by atoms with Crippen LogP contribution in [0.2, 0.25) is 0 Å². The molecule has 2 heterocycles. The van der Waals surface area contributed by atoms with Gasteiger partial charge in [-0.05, 0) is 75.7 Å². The summed E-state index contributed by atoms with van der Waals surface area (Å²) < 4.78 is 17.3. The van der Waals surface area contributed by atoms with Crippen LogP contribution in [-0.4, -0.2) is 173 Å². The molecule has 2 aliphatic rings. The van der Waals surface area contributed by atoms with E-state index in [-0.39, 0.29) is 63.2 Å². The summed E-state index contributed by atoms with van der Waals surface area (Å²) >= 11 is 0. The SMILES string of the molecule is CN=C(N)NCCC/C=C/CCCC(C)C1OC(=O)/C=C/C=C/C(C)C(O)CC(O)C(C)C(O)CCC(C)C(O)CC2(O)OC(CC(OC(=O)CC(=O)O)CC(O)CC(O)CC(O)/C(C)=C/C=C/C1C)CC(O)C2O. The number of ether oxygens (including phenoxy) is 3. The minimum absolute atomic E-state index is 0.0591. The molecule has 1 fully saturated rings. The van der Waals surface area contributed by atoms with E-state index in [0.717, 1.165) is 32.1 Å². The first-order chi connectivity index (χ1) is 35.3. The molecule has 2 aliphatic heterocycles. The van der Waals surface area contributed by atoms with Crippen LogP contribution in [-0.2, 0) is 28.6 Å². The number of cyclic esters (lactones) is 1. The number of carbonyl (C=O) groups excluding carboxylic acids is 2. The minimum Gasteiger partial charge on any atom is -0.481 e. The van der Waals surface area contributed by atoms with E-state index in [1.165, 1.54) is 12.2 Å². The second kappa shape index (κ2) is 34.7. The van der Waals surface area contributed by atoms with Crippen molar-refractivity contribution >= 4 is 23.9 Å². The number of carboxylic acid groups (broad SMARTS) is 1. The molecule has 18 unspecified atom stereocenters. The predicted molar refractivity (Wildman–Crippen MR) is 282 cm³/mol. The number of aliphatic carboxylic acids is 1. The molecule has 75 heavy (non-hydrogen) atoms. The van der Waals surface area contributed by atoms with Gasteiger partial charge < -0.3 is 81.4 Å². The fourth-order valence-corrected chi connectivity index (χ4v) is 9.32. The summed E-state index contributed by atoms with van der Waals surface area (Å²) in [5.41, 5.74) is 6.16. The van der Waals surface area contributed by atoms with Crippen molar-refractivity contribution in [1.82, 2.24) is 5.32 Å². The van der Waals surface area contributed by atoms with Gasteiger partial charge in [0.25, 0.3) is 0 Å². The standard InChI is InChI=1S/C55H93N3O17/c1-33-17-13-14-21-50(69)74-52(36(4)18-12-10-8-9-11-15-24-58-54(56)57-7)37(5)20-16-19-34(2)44(62)27-40(60)25-39(59)26-41(73-51(70)31-49(67)68)28-42-29-47(65)53(71)55(72,75-42)32-48(66)35(3)22-23-43(61)38(6)46(64)30-45(33)63/h8-9,13-14,16-17,19-21,33,35-48,52-53,59-66,71-72H,10-12,15,18,22-32H2,1-7H3,(H,67,68)(H3,56,57,58)/b9-8+,17-13+,20-16+,21-14+,34-19+. The van der Waals surface area contributed by atoms with Crippen LogP contribution >= 0.6 is 0 Å². The number of esters is 2. The fraction of sp³-hybridized carbons (Fsp3) is 0.745. The normalized spacial score (nSPS) is 37.9. The highest BCUT2D eigenvalue weighted by atomic mass is 16.7. The number of nitrogens with zero attached hydrogens (tertiary/aromatic N) is 1. The largest absolute Gasteiger partial charge is 0.481 e. The van der Waals surface area contributed by atoms with Gasteiger partial charge in [0.05, 0.1) is 54.9 Å². The maximum atomic E-state index is 13.3. The van der Waals surface area contributed by atoms with Crippen LogP contribution in [0, 0.1) is 29.6 Å². The van der Waals surface area contributed by atoms with Crippen LogP contribution in [0.1, 0.15) is 138 Å². The Bertz CT molecular complexity index is 1880. The average Bonchev–Trinajstić information content (AvgIpc) is 3.33. The molecule has 1 saturated heterocycles. The van der Waals surface area contributed by atoms with E-state index in [1.807, 2.05) is 19.9 Å². The van der Waals surface area contributed by atoms with Gasteiger partial charge in [0.2, 0.25) is 0 Å². The van der Waals surface area contributed by atoms with Crippen LogP contribution in [0.5, 0.6) is 0 Å². The lowest BCUT2D eigenvalue weighted by atomic mass is 9.84. The Hall–Kier alpha value is -4.06. The molecule has 0 aromatic rings. The third-order valence-electron chi connectivity index (χ3n) is 14.5. The molecule has 14 N–H and O–H groups in total. The highest BCUT2D eigenvalue weighted by Crippen LogP contribution is 2.36. The Morgan fingerprint density at radius 1 is 0.827 bits per heavy atom. The zero-order valence-corrected chi connectivity index (χ0v) is 45.2. The number of unbranched alkanes of at least 4 members (excludes halogenated alkanes) is 2. The van der Waals surface area contributed by atoms with Crippen molar-refractivity contribution in [3.63, 3.8) is 0 Å². The molecule has 0 aromatic heterocycles. The molecule has 0 radical (unpaired) electrons. The first-order valence-corrected chi connectivity index (χ1v) is 26.7. The van der Waals surface area contributed by atoms with Crippen LogP contribution in [0.15, 0.2) is 65.2 Å². The molecule has 20 heteroatoms. The second-order valence-electron chi connectivity index (χ2n) is 21.1. The number of fused-ring (bicyclic) bond motifs is 2. The first-order valence-electron chi connectivity index (χ1n) is 26.7. The number of carboxylic acids is 1. The Balaban J connectivity index is 2.40. The van der Waals surface area contributed by atoms with Crippen molar-refractivity contribution in [2.24, 2.45) is 40.3 Å². The molecule has 430 valence electrons. The minimum atomic E-state index is -2.52. The number of aliphatic imine (C=N–C) groups is 1. The summed E-state index contributed by atoms with van der Waals surface area (Å²) in [7, 11) is 1.62. The number of nitrogens with one attached hydrogen (secondary N) is 1. The van der Waals surface area contributed by atoms with E-state index in [0.29, 0.717) is 18.1 Å². The molecule has 20 nitrogen and oxygen atoms in total. The van der Waals surface area contributed by atoms with Crippen molar-refractivity contribution in [2.45, 2.75) is 217 Å². The zero-order valence-electron chi connectivity index (χ0n) is 45.2. The number of aliphatic hydroxyl groups excluding tert-OH is 9. The van der Waals surface area contributed by atoms with Crippen LogP contribution in [0.4, 0.5) is 0 Å². The van der Waals surface area contributed by atoms with Gasteiger partial charge in [-0.3, -0.25) is 14.6 Å². The number of carbonyl (C=O) groups is 3. The van der Waals surface area contributed by atoms with E-state index in [9.17, 15) is 70.6 Å². The number of aliphatic hydroxyl groups is 10. The average molecular weight is 1070 g/mol. The second-order valence-corrected chi connectivity index (χ2v) is 21.1. The van der Waals surface area contributed by atoms with Gasteiger partial charge in [0.15, 0.2) is 11.7 Å². The quantitative estimate of drug-likeness (QED) is 0.0334. The first kappa shape index (κ1) is 67.1. The van der Waals surface area contributed by atoms with Gasteiger partial charge in [-0.1, -0.05) is 83.2 Å². The van der Waals surface area contributed by atoms with Crippen LogP contribution in [0.3, 0.4) is 0 Å². The molecule has 0 aromatic carbocycles. The van der Waals surface area contributed by atoms with E-state index < -0.39 is 128 Å². The third kappa shape index (κ3) is 25.8. The van der Waals surface area contributed by atoms with E-state index in [1.54, 1.807) is 59.0 Å². The summed E-state index contributed by atoms with van der Waals surface area (Å²) in [4.78, 5) is 41.1. The summed E-state index contributed by atoms with van der Waals surface area (Å²) in [6.07, 6.45) is 2.20. The number of hydrogen-bond donors (Lipinski definition) is 13. The molecule has 18 atom stereocenters. The topological polar surface area (TPSA) is 352 Å². The Labute approximate surface area is 443 Å². The van der Waals surface area contributed by atoms with E-state index in [2.05, 4.69) is 22.5 Å².